The second-order valence-corrected chi connectivity index (χ2v) is 4.54. The van der Waals surface area contributed by atoms with E-state index in [1.165, 1.54) is 0 Å². The first-order valence-corrected chi connectivity index (χ1v) is 6.15. The Morgan fingerprint density at radius 3 is 2.81 bits per heavy atom. The van der Waals surface area contributed by atoms with Crippen LogP contribution in [0.25, 0.3) is 0 Å². The van der Waals surface area contributed by atoms with Gasteiger partial charge in [0, 0.05) is 17.1 Å². The Hall–Kier alpha value is -0.870. The number of nitrogens with two attached hydrogens (primary N) is 1. The van der Waals surface area contributed by atoms with E-state index in [0.29, 0.717) is 12.1 Å². The molecule has 1 aromatic carbocycles. The first-order chi connectivity index (χ1) is 7.60. The fourth-order valence-corrected chi connectivity index (χ4v) is 1.86. The van der Waals surface area contributed by atoms with Crippen molar-refractivity contribution in [3.63, 3.8) is 0 Å². The molecular formula is C12H17BrN2O. The Balaban J connectivity index is 2.84. The highest BCUT2D eigenvalue weighted by Gasteiger charge is 2.14. The summed E-state index contributed by atoms with van der Waals surface area (Å²) in [5, 5.41) is 2.91. The third kappa shape index (κ3) is 3.06. The molecule has 16 heavy (non-hydrogen) atoms. The fourth-order valence-electron chi connectivity index (χ4n) is 1.41. The van der Waals surface area contributed by atoms with Crippen LogP contribution in [0.5, 0.6) is 0 Å². The topological polar surface area (TPSA) is 55.1 Å². The molecule has 0 heterocycles. The number of aryl methyl sites for hydroxylation is 1. The van der Waals surface area contributed by atoms with Crippen LogP contribution in [0.15, 0.2) is 22.7 Å². The lowest BCUT2D eigenvalue weighted by Crippen LogP contribution is -2.39. The number of nitrogens with one attached hydrogen (secondary N) is 1. The van der Waals surface area contributed by atoms with Crippen LogP contribution in [-0.4, -0.2) is 18.5 Å². The quantitative estimate of drug-likeness (QED) is 0.891. The summed E-state index contributed by atoms with van der Waals surface area (Å²) < 4.78 is 0.847. The highest BCUT2D eigenvalue weighted by molar-refractivity contribution is 9.10. The van der Waals surface area contributed by atoms with Gasteiger partial charge in [0.25, 0.3) is 5.91 Å². The molecule has 3 N–H and O–H groups in total. The lowest BCUT2D eigenvalue weighted by molar-refractivity contribution is 0.0936. The molecule has 1 rings (SSSR count). The number of hydrogen-bond acceptors (Lipinski definition) is 2. The molecule has 1 atom stereocenters. The Kier molecular flexibility index (Phi) is 4.96. The molecule has 3 nitrogen and oxygen atoms in total. The van der Waals surface area contributed by atoms with Crippen LogP contribution in [0.4, 0.5) is 0 Å². The van der Waals surface area contributed by atoms with Gasteiger partial charge in [-0.2, -0.15) is 0 Å². The number of rotatable bonds is 4. The molecule has 0 fully saturated rings. The number of amides is 1. The highest BCUT2D eigenvalue weighted by atomic mass is 79.9. The summed E-state index contributed by atoms with van der Waals surface area (Å²) in [6, 6.07) is 5.68. The zero-order chi connectivity index (χ0) is 12.1. The molecule has 1 unspecified atom stereocenters. The number of hydrogen-bond donors (Lipinski definition) is 2. The Labute approximate surface area is 105 Å². The van der Waals surface area contributed by atoms with Crippen molar-refractivity contribution in [2.45, 2.75) is 26.3 Å². The van der Waals surface area contributed by atoms with Gasteiger partial charge < -0.3 is 11.1 Å². The van der Waals surface area contributed by atoms with E-state index in [1.807, 2.05) is 26.0 Å². The Morgan fingerprint density at radius 2 is 2.25 bits per heavy atom. The Morgan fingerprint density at radius 1 is 1.56 bits per heavy atom. The summed E-state index contributed by atoms with van der Waals surface area (Å²) in [5.41, 5.74) is 7.26. The van der Waals surface area contributed by atoms with E-state index in [2.05, 4.69) is 21.2 Å². The number of carbonyl (C=O) groups is 1. The zero-order valence-corrected chi connectivity index (χ0v) is 11.2. The van der Waals surface area contributed by atoms with Gasteiger partial charge in [0.1, 0.15) is 0 Å². The van der Waals surface area contributed by atoms with Crippen molar-refractivity contribution in [1.29, 1.82) is 0 Å². The van der Waals surface area contributed by atoms with E-state index in [0.717, 1.165) is 16.5 Å². The third-order valence-electron chi connectivity index (χ3n) is 2.55. The summed E-state index contributed by atoms with van der Waals surface area (Å²) in [4.78, 5) is 11.9. The minimum absolute atomic E-state index is 0.0416. The predicted molar refractivity (Wildman–Crippen MR) is 69.5 cm³/mol. The van der Waals surface area contributed by atoms with Gasteiger partial charge >= 0.3 is 0 Å². The van der Waals surface area contributed by atoms with Crippen molar-refractivity contribution >= 4 is 21.8 Å². The summed E-state index contributed by atoms with van der Waals surface area (Å²) in [7, 11) is 0. The molecule has 0 aliphatic heterocycles. The largest absolute Gasteiger partial charge is 0.348 e. The average Bonchev–Trinajstić information content (AvgIpc) is 2.29. The van der Waals surface area contributed by atoms with Crippen molar-refractivity contribution in [3.05, 3.63) is 33.8 Å². The van der Waals surface area contributed by atoms with Gasteiger partial charge in [0.05, 0.1) is 5.56 Å². The number of halogens is 1. The molecule has 0 aliphatic rings. The standard InChI is InChI=1S/C12H17BrN2O/c1-3-9(7-14)15-12(16)10-6-4-5-8(2)11(10)13/h4-6,9H,3,7,14H2,1-2H3,(H,15,16). The van der Waals surface area contributed by atoms with Crippen molar-refractivity contribution in [1.82, 2.24) is 5.32 Å². The maximum absolute atomic E-state index is 11.9. The van der Waals surface area contributed by atoms with E-state index in [1.54, 1.807) is 6.07 Å². The molecule has 1 aromatic rings. The van der Waals surface area contributed by atoms with Crippen LogP contribution >= 0.6 is 15.9 Å². The molecule has 0 aromatic heterocycles. The van der Waals surface area contributed by atoms with Crippen molar-refractivity contribution < 1.29 is 4.79 Å². The van der Waals surface area contributed by atoms with Crippen molar-refractivity contribution in [2.24, 2.45) is 5.73 Å². The Bertz CT molecular complexity index is 375. The minimum Gasteiger partial charge on any atom is -0.348 e. The molecule has 0 aliphatic carbocycles. The van der Waals surface area contributed by atoms with Crippen LogP contribution in [0.1, 0.15) is 29.3 Å². The second kappa shape index (κ2) is 6.01. The number of carbonyl (C=O) groups excluding carboxylic acids is 1. The first-order valence-electron chi connectivity index (χ1n) is 5.36. The highest BCUT2D eigenvalue weighted by Crippen LogP contribution is 2.20. The molecule has 4 heteroatoms. The first kappa shape index (κ1) is 13.2. The predicted octanol–water partition coefficient (Wildman–Crippen LogP) is 2.22. The maximum Gasteiger partial charge on any atom is 0.252 e. The van der Waals surface area contributed by atoms with Crippen LogP contribution in [0, 0.1) is 6.92 Å². The van der Waals surface area contributed by atoms with Crippen LogP contribution in [0.2, 0.25) is 0 Å². The van der Waals surface area contributed by atoms with Crippen LogP contribution in [0.3, 0.4) is 0 Å². The lowest BCUT2D eigenvalue weighted by Gasteiger charge is -2.15. The van der Waals surface area contributed by atoms with Crippen LogP contribution in [-0.2, 0) is 0 Å². The monoisotopic (exact) mass is 284 g/mol. The summed E-state index contributed by atoms with van der Waals surface area (Å²) in [6.07, 6.45) is 0.839. The summed E-state index contributed by atoms with van der Waals surface area (Å²) >= 11 is 3.42. The van der Waals surface area contributed by atoms with E-state index < -0.39 is 0 Å². The van der Waals surface area contributed by atoms with Gasteiger partial charge in [0.2, 0.25) is 0 Å². The molecular weight excluding hydrogens is 268 g/mol. The van der Waals surface area contributed by atoms with Gasteiger partial charge in [-0.15, -0.1) is 0 Å². The SMILES string of the molecule is CCC(CN)NC(=O)c1cccc(C)c1Br. The molecule has 88 valence electrons. The maximum atomic E-state index is 11.9. The van der Waals surface area contributed by atoms with Gasteiger partial charge in [-0.3, -0.25) is 4.79 Å². The lowest BCUT2D eigenvalue weighted by atomic mass is 10.1. The molecule has 0 spiro atoms. The van der Waals surface area contributed by atoms with E-state index in [-0.39, 0.29) is 11.9 Å². The van der Waals surface area contributed by atoms with E-state index >= 15 is 0 Å². The molecule has 0 bridgehead atoms. The average molecular weight is 285 g/mol. The molecule has 0 radical (unpaired) electrons. The van der Waals surface area contributed by atoms with E-state index in [9.17, 15) is 4.79 Å². The number of benzene rings is 1. The fraction of sp³-hybridized carbons (Fsp3) is 0.417. The summed E-state index contributed by atoms with van der Waals surface area (Å²) in [5.74, 6) is -0.0760. The molecule has 0 saturated heterocycles. The van der Waals surface area contributed by atoms with Gasteiger partial charge in [-0.1, -0.05) is 19.1 Å². The zero-order valence-electron chi connectivity index (χ0n) is 9.59. The third-order valence-corrected chi connectivity index (χ3v) is 3.60. The smallest absolute Gasteiger partial charge is 0.252 e. The van der Waals surface area contributed by atoms with Gasteiger partial charge in [-0.05, 0) is 40.9 Å². The van der Waals surface area contributed by atoms with Gasteiger partial charge in [0.15, 0.2) is 0 Å². The molecule has 0 saturated carbocycles. The van der Waals surface area contributed by atoms with Crippen molar-refractivity contribution in [2.75, 3.05) is 6.54 Å². The van der Waals surface area contributed by atoms with Crippen molar-refractivity contribution in [3.8, 4) is 0 Å². The van der Waals surface area contributed by atoms with Crippen LogP contribution < -0.4 is 11.1 Å². The second-order valence-electron chi connectivity index (χ2n) is 3.75. The normalized spacial score (nSPS) is 12.2. The summed E-state index contributed by atoms with van der Waals surface area (Å²) in [6.45, 7) is 4.43. The van der Waals surface area contributed by atoms with E-state index in [4.69, 9.17) is 5.73 Å². The van der Waals surface area contributed by atoms with Gasteiger partial charge in [-0.25, -0.2) is 0 Å². The minimum atomic E-state index is -0.0760. The molecule has 1 amide bonds.